The SMILES string of the molecule is Cn1ccc2cc(CB3OC(C)(C)C(C)(C)O3)cc(Cl)c21. The molecule has 5 heteroatoms. The van der Waals surface area contributed by atoms with Crippen LogP contribution in [0, 0.1) is 0 Å². The molecule has 0 N–H and O–H groups in total. The Kier molecular flexibility index (Phi) is 3.39. The maximum Gasteiger partial charge on any atom is 0.462 e. The van der Waals surface area contributed by atoms with Crippen molar-refractivity contribution < 1.29 is 9.31 Å². The van der Waals surface area contributed by atoms with Crippen molar-refractivity contribution in [3.8, 4) is 0 Å². The van der Waals surface area contributed by atoms with E-state index in [1.165, 1.54) is 0 Å². The summed E-state index contributed by atoms with van der Waals surface area (Å²) in [4.78, 5) is 0. The van der Waals surface area contributed by atoms with Crippen LogP contribution >= 0.6 is 11.6 Å². The maximum absolute atomic E-state index is 6.40. The van der Waals surface area contributed by atoms with E-state index in [0.29, 0.717) is 6.32 Å². The van der Waals surface area contributed by atoms with Gasteiger partial charge in [0.25, 0.3) is 0 Å². The van der Waals surface area contributed by atoms with Gasteiger partial charge in [0, 0.05) is 25.0 Å². The Labute approximate surface area is 131 Å². The third-order valence-corrected chi connectivity index (χ3v) is 4.98. The number of halogens is 1. The standard InChI is InChI=1S/C16H21BClNO2/c1-15(2)16(3,4)21-17(20-15)10-11-8-12-6-7-19(5)14(12)13(18)9-11/h6-9H,10H2,1-5H3. The molecule has 0 bridgehead atoms. The van der Waals surface area contributed by atoms with E-state index in [1.807, 2.05) is 23.9 Å². The second-order valence-corrected chi connectivity index (χ2v) is 7.24. The molecule has 1 saturated heterocycles. The number of aryl methyl sites for hydroxylation is 1. The second kappa shape index (κ2) is 4.77. The van der Waals surface area contributed by atoms with Crippen LogP contribution in [0.5, 0.6) is 0 Å². The van der Waals surface area contributed by atoms with Crippen LogP contribution in [0.1, 0.15) is 33.3 Å². The van der Waals surface area contributed by atoms with E-state index in [2.05, 4.69) is 39.8 Å². The van der Waals surface area contributed by atoms with Crippen LogP contribution in [0.2, 0.25) is 5.02 Å². The molecule has 2 heterocycles. The molecule has 1 aliphatic heterocycles. The number of hydrogen-bond donors (Lipinski definition) is 0. The number of fused-ring (bicyclic) bond motifs is 1. The topological polar surface area (TPSA) is 23.4 Å². The Morgan fingerprint density at radius 2 is 1.76 bits per heavy atom. The minimum absolute atomic E-state index is 0.229. The molecule has 0 aliphatic carbocycles. The first-order valence-electron chi connectivity index (χ1n) is 7.29. The lowest BCUT2D eigenvalue weighted by Gasteiger charge is -2.32. The molecule has 1 aromatic heterocycles. The molecule has 0 atom stereocenters. The zero-order valence-electron chi connectivity index (χ0n) is 13.2. The number of nitrogens with zero attached hydrogens (tertiary/aromatic N) is 1. The van der Waals surface area contributed by atoms with Gasteiger partial charge in [-0.15, -0.1) is 0 Å². The molecule has 3 nitrogen and oxygen atoms in total. The Balaban J connectivity index is 1.87. The van der Waals surface area contributed by atoms with E-state index in [4.69, 9.17) is 20.9 Å². The van der Waals surface area contributed by atoms with Crippen molar-refractivity contribution in [3.05, 3.63) is 35.0 Å². The molecule has 0 amide bonds. The smallest absolute Gasteiger partial charge is 0.403 e. The van der Waals surface area contributed by atoms with Crippen LogP contribution in [0.4, 0.5) is 0 Å². The summed E-state index contributed by atoms with van der Waals surface area (Å²) in [6, 6.07) is 6.25. The quantitative estimate of drug-likeness (QED) is 0.783. The summed E-state index contributed by atoms with van der Waals surface area (Å²) in [5, 5.41) is 1.92. The summed E-state index contributed by atoms with van der Waals surface area (Å²) < 4.78 is 14.1. The zero-order valence-corrected chi connectivity index (χ0v) is 14.0. The van der Waals surface area contributed by atoms with Crippen molar-refractivity contribution in [1.82, 2.24) is 4.57 Å². The average molecular weight is 306 g/mol. The van der Waals surface area contributed by atoms with Crippen molar-refractivity contribution >= 4 is 29.6 Å². The Bertz CT molecular complexity index is 677. The molecule has 112 valence electrons. The van der Waals surface area contributed by atoms with Gasteiger partial charge in [0.1, 0.15) is 0 Å². The maximum atomic E-state index is 6.40. The molecule has 0 saturated carbocycles. The number of rotatable bonds is 2. The highest BCUT2D eigenvalue weighted by Gasteiger charge is 2.50. The van der Waals surface area contributed by atoms with E-state index in [9.17, 15) is 0 Å². The predicted octanol–water partition coefficient (Wildman–Crippen LogP) is 4.01. The van der Waals surface area contributed by atoms with E-state index in [-0.39, 0.29) is 18.3 Å². The number of aromatic nitrogens is 1. The van der Waals surface area contributed by atoms with Gasteiger partial charge in [-0.25, -0.2) is 0 Å². The van der Waals surface area contributed by atoms with Crippen molar-refractivity contribution in [1.29, 1.82) is 0 Å². The normalized spacial score (nSPS) is 20.4. The van der Waals surface area contributed by atoms with Gasteiger partial charge in [0.2, 0.25) is 0 Å². The van der Waals surface area contributed by atoms with Gasteiger partial charge in [-0.05, 0) is 45.4 Å². The van der Waals surface area contributed by atoms with Crippen LogP contribution in [-0.2, 0) is 22.7 Å². The van der Waals surface area contributed by atoms with E-state index >= 15 is 0 Å². The monoisotopic (exact) mass is 305 g/mol. The third-order valence-electron chi connectivity index (χ3n) is 4.69. The fourth-order valence-electron chi connectivity index (χ4n) is 2.80. The van der Waals surface area contributed by atoms with Gasteiger partial charge in [-0.2, -0.15) is 0 Å². The van der Waals surface area contributed by atoms with Crippen LogP contribution in [-0.4, -0.2) is 22.9 Å². The number of hydrogen-bond acceptors (Lipinski definition) is 2. The van der Waals surface area contributed by atoms with E-state index in [1.54, 1.807) is 0 Å². The first kappa shape index (κ1) is 15.0. The van der Waals surface area contributed by atoms with E-state index < -0.39 is 0 Å². The van der Waals surface area contributed by atoms with Crippen LogP contribution in [0.15, 0.2) is 24.4 Å². The molecule has 3 rings (SSSR count). The van der Waals surface area contributed by atoms with E-state index in [0.717, 1.165) is 21.5 Å². The molecule has 0 spiro atoms. The molecular formula is C16H21BClNO2. The Morgan fingerprint density at radius 1 is 1.14 bits per heavy atom. The molecule has 0 unspecified atom stereocenters. The predicted molar refractivity (Wildman–Crippen MR) is 87.7 cm³/mol. The zero-order chi connectivity index (χ0) is 15.4. The first-order chi connectivity index (χ1) is 9.69. The molecule has 0 radical (unpaired) electrons. The highest BCUT2D eigenvalue weighted by atomic mass is 35.5. The van der Waals surface area contributed by atoms with Crippen molar-refractivity contribution in [2.75, 3.05) is 0 Å². The molecule has 21 heavy (non-hydrogen) atoms. The number of benzene rings is 1. The van der Waals surface area contributed by atoms with Crippen molar-refractivity contribution in [3.63, 3.8) is 0 Å². The Hall–Kier alpha value is -0.965. The summed E-state index contributed by atoms with van der Waals surface area (Å²) in [6.45, 7) is 8.28. The Morgan fingerprint density at radius 3 is 2.38 bits per heavy atom. The second-order valence-electron chi connectivity index (χ2n) is 6.83. The summed E-state index contributed by atoms with van der Waals surface area (Å²) in [6.07, 6.45) is 2.73. The molecule has 2 aromatic rings. The summed E-state index contributed by atoms with van der Waals surface area (Å²) >= 11 is 6.40. The van der Waals surface area contributed by atoms with Gasteiger partial charge in [0.05, 0.1) is 21.7 Å². The van der Waals surface area contributed by atoms with Crippen LogP contribution < -0.4 is 0 Å². The molecule has 1 aliphatic rings. The molecule has 1 aromatic carbocycles. The average Bonchev–Trinajstić information content (AvgIpc) is 2.78. The fraction of sp³-hybridized carbons (Fsp3) is 0.500. The highest BCUT2D eigenvalue weighted by molar-refractivity contribution is 6.45. The lowest BCUT2D eigenvalue weighted by atomic mass is 9.80. The minimum atomic E-state index is -0.293. The van der Waals surface area contributed by atoms with Crippen LogP contribution in [0.25, 0.3) is 10.9 Å². The lowest BCUT2D eigenvalue weighted by Crippen LogP contribution is -2.41. The van der Waals surface area contributed by atoms with Gasteiger partial charge in [-0.3, -0.25) is 0 Å². The summed E-state index contributed by atoms with van der Waals surface area (Å²) in [5.74, 6) is 0. The fourth-order valence-corrected chi connectivity index (χ4v) is 3.19. The molecular weight excluding hydrogens is 284 g/mol. The lowest BCUT2D eigenvalue weighted by molar-refractivity contribution is 0.00578. The largest absolute Gasteiger partial charge is 0.462 e. The van der Waals surface area contributed by atoms with Gasteiger partial charge >= 0.3 is 7.12 Å². The van der Waals surface area contributed by atoms with Gasteiger partial charge in [0.15, 0.2) is 0 Å². The van der Waals surface area contributed by atoms with Gasteiger partial charge < -0.3 is 13.9 Å². The van der Waals surface area contributed by atoms with Crippen molar-refractivity contribution in [2.24, 2.45) is 7.05 Å². The summed E-state index contributed by atoms with van der Waals surface area (Å²) in [5.41, 5.74) is 1.61. The van der Waals surface area contributed by atoms with Gasteiger partial charge in [-0.1, -0.05) is 17.7 Å². The minimum Gasteiger partial charge on any atom is -0.403 e. The highest BCUT2D eigenvalue weighted by Crippen LogP contribution is 2.38. The van der Waals surface area contributed by atoms with Crippen molar-refractivity contribution in [2.45, 2.75) is 45.2 Å². The third kappa shape index (κ3) is 2.50. The van der Waals surface area contributed by atoms with Crippen LogP contribution in [0.3, 0.4) is 0 Å². The first-order valence-corrected chi connectivity index (χ1v) is 7.66. The molecule has 1 fully saturated rings. The summed E-state index contributed by atoms with van der Waals surface area (Å²) in [7, 11) is 1.77.